The third kappa shape index (κ3) is 3.97. The summed E-state index contributed by atoms with van der Waals surface area (Å²) in [6.45, 7) is 1.95. The highest BCUT2D eigenvalue weighted by molar-refractivity contribution is 5.66. The monoisotopic (exact) mass is 212 g/mol. The summed E-state index contributed by atoms with van der Waals surface area (Å²) < 4.78 is 18.2. The molecule has 1 rings (SSSR count). The lowest BCUT2D eigenvalue weighted by Crippen LogP contribution is -2.13. The van der Waals surface area contributed by atoms with E-state index in [0.717, 1.165) is 0 Å². The Bertz CT molecular complexity index is 338. The van der Waals surface area contributed by atoms with E-state index in [1.165, 1.54) is 12.1 Å². The van der Waals surface area contributed by atoms with Crippen molar-refractivity contribution in [2.45, 2.75) is 13.3 Å². The number of ether oxygens (including phenoxy) is 1. The minimum absolute atomic E-state index is 0.0223. The zero-order valence-electron chi connectivity index (χ0n) is 8.44. The fraction of sp³-hybridized carbons (Fsp3) is 0.364. The second-order valence-corrected chi connectivity index (χ2v) is 3.44. The van der Waals surface area contributed by atoms with E-state index < -0.39 is 11.8 Å². The SMILES string of the molecule is CC(COc1ccccc1F)CC(=O)O. The summed E-state index contributed by atoms with van der Waals surface area (Å²) in [6.07, 6.45) is 0.0223. The highest BCUT2D eigenvalue weighted by atomic mass is 19.1. The molecule has 0 aliphatic heterocycles. The molecule has 0 bridgehead atoms. The van der Waals surface area contributed by atoms with Gasteiger partial charge in [0.1, 0.15) is 0 Å². The number of carboxylic acids is 1. The summed E-state index contributed by atoms with van der Waals surface area (Å²) in [6, 6.07) is 6.06. The molecule has 1 aromatic rings. The lowest BCUT2D eigenvalue weighted by Gasteiger charge is -2.11. The molecule has 1 atom stereocenters. The van der Waals surface area contributed by atoms with Crippen LogP contribution in [0.25, 0.3) is 0 Å². The first-order chi connectivity index (χ1) is 7.09. The predicted octanol–water partition coefficient (Wildman–Crippen LogP) is 2.32. The molecule has 0 saturated heterocycles. The maximum Gasteiger partial charge on any atom is 0.303 e. The van der Waals surface area contributed by atoms with E-state index in [4.69, 9.17) is 9.84 Å². The van der Waals surface area contributed by atoms with Gasteiger partial charge < -0.3 is 9.84 Å². The molecule has 0 radical (unpaired) electrons. The molecule has 4 heteroatoms. The maximum atomic E-state index is 13.1. The largest absolute Gasteiger partial charge is 0.490 e. The first kappa shape index (κ1) is 11.5. The fourth-order valence-electron chi connectivity index (χ4n) is 1.15. The molecule has 0 fully saturated rings. The molecule has 0 spiro atoms. The molecule has 1 unspecified atom stereocenters. The molecule has 15 heavy (non-hydrogen) atoms. The van der Waals surface area contributed by atoms with Crippen molar-refractivity contribution in [3.63, 3.8) is 0 Å². The molecule has 0 aliphatic rings. The van der Waals surface area contributed by atoms with Gasteiger partial charge in [-0.2, -0.15) is 0 Å². The predicted molar refractivity (Wildman–Crippen MR) is 53.3 cm³/mol. The zero-order valence-corrected chi connectivity index (χ0v) is 8.44. The number of rotatable bonds is 5. The van der Waals surface area contributed by atoms with Gasteiger partial charge in [-0.3, -0.25) is 4.79 Å². The van der Waals surface area contributed by atoms with Gasteiger partial charge in [0.15, 0.2) is 11.6 Å². The molecule has 0 aliphatic carbocycles. The highest BCUT2D eigenvalue weighted by Crippen LogP contribution is 2.16. The Morgan fingerprint density at radius 3 is 2.80 bits per heavy atom. The highest BCUT2D eigenvalue weighted by Gasteiger charge is 2.09. The van der Waals surface area contributed by atoms with Crippen LogP contribution in [0.3, 0.4) is 0 Å². The van der Waals surface area contributed by atoms with Crippen molar-refractivity contribution in [3.05, 3.63) is 30.1 Å². The standard InChI is InChI=1S/C11H13FO3/c1-8(6-11(13)14)7-15-10-5-3-2-4-9(10)12/h2-5,8H,6-7H2,1H3,(H,13,14). The average molecular weight is 212 g/mol. The van der Waals surface area contributed by atoms with Crippen molar-refractivity contribution in [1.29, 1.82) is 0 Å². The van der Waals surface area contributed by atoms with E-state index in [1.54, 1.807) is 19.1 Å². The van der Waals surface area contributed by atoms with Crippen LogP contribution >= 0.6 is 0 Å². The number of aliphatic carboxylic acids is 1. The zero-order chi connectivity index (χ0) is 11.3. The molecule has 0 aromatic heterocycles. The van der Waals surface area contributed by atoms with Crippen LogP contribution in [0.15, 0.2) is 24.3 Å². The molecular formula is C11H13FO3. The van der Waals surface area contributed by atoms with Gasteiger partial charge >= 0.3 is 5.97 Å². The van der Waals surface area contributed by atoms with Crippen molar-refractivity contribution in [3.8, 4) is 5.75 Å². The molecule has 0 amide bonds. The van der Waals surface area contributed by atoms with E-state index in [0.29, 0.717) is 0 Å². The molecule has 82 valence electrons. The summed E-state index contributed by atoms with van der Waals surface area (Å²) >= 11 is 0. The van der Waals surface area contributed by atoms with Crippen molar-refractivity contribution >= 4 is 5.97 Å². The van der Waals surface area contributed by atoms with Crippen LogP contribution in [-0.2, 0) is 4.79 Å². The van der Waals surface area contributed by atoms with E-state index in [1.807, 2.05) is 0 Å². The van der Waals surface area contributed by atoms with Crippen LogP contribution in [0.2, 0.25) is 0 Å². The van der Waals surface area contributed by atoms with Crippen LogP contribution in [-0.4, -0.2) is 17.7 Å². The number of hydrogen-bond acceptors (Lipinski definition) is 2. The second-order valence-electron chi connectivity index (χ2n) is 3.44. The maximum absolute atomic E-state index is 13.1. The van der Waals surface area contributed by atoms with E-state index >= 15 is 0 Å². The van der Waals surface area contributed by atoms with E-state index in [2.05, 4.69) is 0 Å². The topological polar surface area (TPSA) is 46.5 Å². The van der Waals surface area contributed by atoms with Crippen LogP contribution in [0, 0.1) is 11.7 Å². The molecular weight excluding hydrogens is 199 g/mol. The fourth-order valence-corrected chi connectivity index (χ4v) is 1.15. The minimum Gasteiger partial charge on any atom is -0.490 e. The van der Waals surface area contributed by atoms with Crippen molar-refractivity contribution < 1.29 is 19.0 Å². The minimum atomic E-state index is -0.875. The Balaban J connectivity index is 2.43. The van der Waals surface area contributed by atoms with Gasteiger partial charge in [-0.15, -0.1) is 0 Å². The van der Waals surface area contributed by atoms with Gasteiger partial charge in [0, 0.05) is 5.92 Å². The van der Waals surface area contributed by atoms with Crippen molar-refractivity contribution in [2.24, 2.45) is 5.92 Å². The number of para-hydroxylation sites is 1. The van der Waals surface area contributed by atoms with Crippen LogP contribution < -0.4 is 4.74 Å². The molecule has 3 nitrogen and oxygen atoms in total. The third-order valence-electron chi connectivity index (χ3n) is 1.88. The van der Waals surface area contributed by atoms with Crippen LogP contribution in [0.1, 0.15) is 13.3 Å². The quantitative estimate of drug-likeness (QED) is 0.814. The lowest BCUT2D eigenvalue weighted by atomic mass is 10.1. The van der Waals surface area contributed by atoms with Gasteiger partial charge in [0.25, 0.3) is 0 Å². The number of hydrogen-bond donors (Lipinski definition) is 1. The summed E-state index contributed by atoms with van der Waals surface area (Å²) in [4.78, 5) is 10.4. The number of benzene rings is 1. The average Bonchev–Trinajstić information content (AvgIpc) is 2.15. The number of carbonyl (C=O) groups is 1. The summed E-state index contributed by atoms with van der Waals surface area (Å²) in [5.74, 6) is -1.28. The van der Waals surface area contributed by atoms with Crippen molar-refractivity contribution in [2.75, 3.05) is 6.61 Å². The van der Waals surface area contributed by atoms with Gasteiger partial charge in [0.05, 0.1) is 13.0 Å². The Kier molecular flexibility index (Phi) is 4.09. The first-order valence-electron chi connectivity index (χ1n) is 4.68. The molecule has 1 aromatic carbocycles. The van der Waals surface area contributed by atoms with E-state index in [-0.39, 0.29) is 24.7 Å². The normalized spacial score (nSPS) is 12.1. The third-order valence-corrected chi connectivity index (χ3v) is 1.88. The molecule has 0 heterocycles. The van der Waals surface area contributed by atoms with Gasteiger partial charge in [0.2, 0.25) is 0 Å². The van der Waals surface area contributed by atoms with Crippen LogP contribution in [0.5, 0.6) is 5.75 Å². The van der Waals surface area contributed by atoms with Gasteiger partial charge in [-0.25, -0.2) is 4.39 Å². The Labute approximate surface area is 87.5 Å². The lowest BCUT2D eigenvalue weighted by molar-refractivity contribution is -0.138. The molecule has 0 saturated carbocycles. The Hall–Kier alpha value is -1.58. The Morgan fingerprint density at radius 2 is 2.20 bits per heavy atom. The summed E-state index contributed by atoms with van der Waals surface area (Å²) in [7, 11) is 0. The number of halogens is 1. The van der Waals surface area contributed by atoms with Crippen molar-refractivity contribution in [1.82, 2.24) is 0 Å². The summed E-state index contributed by atoms with van der Waals surface area (Å²) in [5, 5.41) is 8.51. The van der Waals surface area contributed by atoms with Gasteiger partial charge in [-0.1, -0.05) is 19.1 Å². The summed E-state index contributed by atoms with van der Waals surface area (Å²) in [5.41, 5.74) is 0. The van der Waals surface area contributed by atoms with Gasteiger partial charge in [-0.05, 0) is 12.1 Å². The molecule has 1 N–H and O–H groups in total. The first-order valence-corrected chi connectivity index (χ1v) is 4.68. The smallest absolute Gasteiger partial charge is 0.303 e. The Morgan fingerprint density at radius 1 is 1.53 bits per heavy atom. The van der Waals surface area contributed by atoms with Crippen LogP contribution in [0.4, 0.5) is 4.39 Å². The second kappa shape index (κ2) is 5.34. The number of carboxylic acid groups (broad SMARTS) is 1. The van der Waals surface area contributed by atoms with E-state index in [9.17, 15) is 9.18 Å².